The van der Waals surface area contributed by atoms with E-state index in [1.165, 1.54) is 289 Å². The molecule has 1 amide bonds. The van der Waals surface area contributed by atoms with Gasteiger partial charge < -0.3 is 20.3 Å². The quantitative estimate of drug-likeness (QED) is 0.0321. The van der Waals surface area contributed by atoms with Crippen molar-refractivity contribution in [2.75, 3.05) is 13.2 Å². The third-order valence-electron chi connectivity index (χ3n) is 15.1. The average Bonchev–Trinajstić information content (AvgIpc) is 3.36. The third-order valence-corrected chi connectivity index (χ3v) is 15.1. The highest BCUT2D eigenvalue weighted by Crippen LogP contribution is 2.18. The van der Waals surface area contributed by atoms with Crippen LogP contribution in [0.4, 0.5) is 0 Å². The first-order chi connectivity index (χ1) is 34.5. The van der Waals surface area contributed by atoms with Gasteiger partial charge in [-0.1, -0.05) is 328 Å². The summed E-state index contributed by atoms with van der Waals surface area (Å²) in [5.41, 5.74) is 0. The van der Waals surface area contributed by atoms with E-state index >= 15 is 0 Å². The second-order valence-corrected chi connectivity index (χ2v) is 22.1. The van der Waals surface area contributed by atoms with Crippen LogP contribution in [0.3, 0.4) is 0 Å². The summed E-state index contributed by atoms with van der Waals surface area (Å²) in [5.74, 6) is -0.0643. The predicted octanol–water partition coefficient (Wildman–Crippen LogP) is 20.0. The number of amides is 1. The number of carbonyl (C=O) groups is 2. The molecule has 6 nitrogen and oxygen atoms in total. The van der Waals surface area contributed by atoms with Crippen LogP contribution in [-0.4, -0.2) is 47.4 Å². The maximum absolute atomic E-state index is 12.5. The minimum Gasteiger partial charge on any atom is -0.466 e. The highest BCUT2D eigenvalue weighted by molar-refractivity contribution is 5.76. The molecule has 6 heteroatoms. The minimum absolute atomic E-state index is 0.00613. The summed E-state index contributed by atoms with van der Waals surface area (Å²) in [7, 11) is 0. The molecule has 0 aromatic heterocycles. The fourth-order valence-electron chi connectivity index (χ4n) is 10.2. The highest BCUT2D eigenvalue weighted by Gasteiger charge is 2.18. The van der Waals surface area contributed by atoms with Gasteiger partial charge in [0.15, 0.2) is 0 Å². The molecule has 0 aromatic carbocycles. The van der Waals surface area contributed by atoms with Gasteiger partial charge in [-0.3, -0.25) is 9.59 Å². The van der Waals surface area contributed by atoms with E-state index in [0.29, 0.717) is 19.4 Å². The number of unbranched alkanes of at least 4 members (excludes halogenated alkanes) is 49. The van der Waals surface area contributed by atoms with E-state index in [0.717, 1.165) is 44.9 Å². The van der Waals surface area contributed by atoms with Crippen molar-refractivity contribution in [2.45, 2.75) is 373 Å². The number of carbonyl (C=O) groups excluding carboxylic acids is 2. The van der Waals surface area contributed by atoms with E-state index in [-0.39, 0.29) is 18.5 Å². The molecular weight excluding hydrogens is 863 g/mol. The first-order valence-corrected chi connectivity index (χ1v) is 32.0. The lowest BCUT2D eigenvalue weighted by atomic mass is 10.0. The maximum atomic E-state index is 12.5. The molecule has 3 N–H and O–H groups in total. The molecule has 0 fully saturated rings. The molecule has 2 unspecified atom stereocenters. The number of hydrogen-bond donors (Lipinski definition) is 3. The molecule has 0 rings (SSSR count). The first kappa shape index (κ1) is 68.6. The number of rotatable bonds is 60. The fourth-order valence-corrected chi connectivity index (χ4v) is 10.2. The van der Waals surface area contributed by atoms with Crippen molar-refractivity contribution in [3.05, 3.63) is 12.2 Å². The second-order valence-electron chi connectivity index (χ2n) is 22.1. The lowest BCUT2D eigenvalue weighted by molar-refractivity contribution is -0.143. The summed E-state index contributed by atoms with van der Waals surface area (Å²) in [6.45, 7) is 4.93. The lowest BCUT2D eigenvalue weighted by Crippen LogP contribution is -2.45. The van der Waals surface area contributed by atoms with Gasteiger partial charge in [-0.2, -0.15) is 0 Å². The maximum Gasteiger partial charge on any atom is 0.305 e. The van der Waals surface area contributed by atoms with Gasteiger partial charge in [-0.15, -0.1) is 0 Å². The predicted molar refractivity (Wildman–Crippen MR) is 306 cm³/mol. The summed E-state index contributed by atoms with van der Waals surface area (Å²) < 4.78 is 5.49. The SMILES string of the molecule is CCCCCCCCCCCCCCCCCCCCCC/C=C/C(O)C(CO)NC(=O)CCCCCCCCCCCCCCCCCCOC(=O)CCCCCCCCCCCCCCCCC. The van der Waals surface area contributed by atoms with Crippen LogP contribution in [0.15, 0.2) is 12.2 Å². The summed E-state index contributed by atoms with van der Waals surface area (Å²) in [6, 6.07) is -0.633. The van der Waals surface area contributed by atoms with Gasteiger partial charge in [0.1, 0.15) is 0 Å². The van der Waals surface area contributed by atoms with E-state index in [1.54, 1.807) is 6.08 Å². The number of aliphatic hydroxyl groups excluding tert-OH is 2. The fraction of sp³-hybridized carbons (Fsp3) is 0.938. The lowest BCUT2D eigenvalue weighted by Gasteiger charge is -2.20. The van der Waals surface area contributed by atoms with Crippen molar-refractivity contribution in [3.63, 3.8) is 0 Å². The average molecular weight is 989 g/mol. The zero-order chi connectivity index (χ0) is 50.7. The molecule has 0 saturated carbocycles. The van der Waals surface area contributed by atoms with Crippen molar-refractivity contribution in [2.24, 2.45) is 0 Å². The third kappa shape index (κ3) is 55.9. The molecule has 0 aliphatic heterocycles. The van der Waals surface area contributed by atoms with Gasteiger partial charge in [0.25, 0.3) is 0 Å². The minimum atomic E-state index is -0.849. The monoisotopic (exact) mass is 988 g/mol. The van der Waals surface area contributed by atoms with Crippen LogP contribution >= 0.6 is 0 Å². The summed E-state index contributed by atoms with van der Waals surface area (Å²) in [5, 5.41) is 23.2. The number of aliphatic hydroxyl groups is 2. The van der Waals surface area contributed by atoms with Crippen LogP contribution in [-0.2, 0) is 14.3 Å². The molecule has 0 radical (unpaired) electrons. The molecule has 0 saturated heterocycles. The Labute approximate surface area is 438 Å². The Bertz CT molecular complexity index is 1050. The number of allylic oxidation sites excluding steroid dienone is 1. The smallest absolute Gasteiger partial charge is 0.305 e. The number of esters is 1. The Kier molecular flexibility index (Phi) is 59.0. The van der Waals surface area contributed by atoms with Crippen molar-refractivity contribution in [1.82, 2.24) is 5.32 Å². The van der Waals surface area contributed by atoms with Crippen LogP contribution in [0.1, 0.15) is 361 Å². The van der Waals surface area contributed by atoms with Gasteiger partial charge in [0.2, 0.25) is 5.91 Å². The molecule has 0 aliphatic carbocycles. The Morgan fingerprint density at radius 1 is 0.386 bits per heavy atom. The zero-order valence-corrected chi connectivity index (χ0v) is 47.5. The topological polar surface area (TPSA) is 95.9 Å². The Hall–Kier alpha value is -1.40. The van der Waals surface area contributed by atoms with Crippen LogP contribution in [0.25, 0.3) is 0 Å². The largest absolute Gasteiger partial charge is 0.466 e. The van der Waals surface area contributed by atoms with E-state index in [1.807, 2.05) is 6.08 Å². The standard InChI is InChI=1S/C64H125NO5/c1-3-5-7-9-11-13-15-17-19-20-21-22-23-24-25-29-32-36-40-44-48-52-56-62(67)61(60-66)65-63(68)57-53-49-45-41-37-33-30-26-27-31-35-39-43-47-51-55-59-70-64(69)58-54-50-46-42-38-34-28-18-16-14-12-10-8-6-4-2/h52,56,61-62,66-67H,3-51,53-55,57-60H2,1-2H3,(H,65,68)/b56-52+. The van der Waals surface area contributed by atoms with E-state index in [4.69, 9.17) is 4.74 Å². The Morgan fingerprint density at radius 3 is 0.971 bits per heavy atom. The molecule has 0 heterocycles. The van der Waals surface area contributed by atoms with Gasteiger partial charge in [0.05, 0.1) is 25.4 Å². The van der Waals surface area contributed by atoms with Crippen molar-refractivity contribution in [3.8, 4) is 0 Å². The number of nitrogens with one attached hydrogen (secondary N) is 1. The summed E-state index contributed by atoms with van der Waals surface area (Å²) >= 11 is 0. The Morgan fingerprint density at radius 2 is 0.657 bits per heavy atom. The van der Waals surface area contributed by atoms with E-state index in [9.17, 15) is 19.8 Å². The van der Waals surface area contributed by atoms with Crippen LogP contribution < -0.4 is 5.32 Å². The van der Waals surface area contributed by atoms with E-state index in [2.05, 4.69) is 19.2 Å². The van der Waals surface area contributed by atoms with Gasteiger partial charge in [-0.05, 0) is 32.1 Å². The summed E-state index contributed by atoms with van der Waals surface area (Å²) in [6.07, 6.45) is 72.5. The van der Waals surface area contributed by atoms with Crippen molar-refractivity contribution < 1.29 is 24.5 Å². The molecule has 0 spiro atoms. The van der Waals surface area contributed by atoms with Crippen molar-refractivity contribution >= 4 is 11.9 Å². The normalized spacial score (nSPS) is 12.6. The second kappa shape index (κ2) is 60.2. The molecular formula is C64H125NO5. The molecule has 416 valence electrons. The molecule has 70 heavy (non-hydrogen) atoms. The highest BCUT2D eigenvalue weighted by atomic mass is 16.5. The van der Waals surface area contributed by atoms with Crippen LogP contribution in [0.5, 0.6) is 0 Å². The number of hydrogen-bond acceptors (Lipinski definition) is 5. The molecule has 0 bridgehead atoms. The first-order valence-electron chi connectivity index (χ1n) is 32.0. The van der Waals surface area contributed by atoms with Gasteiger partial charge in [0, 0.05) is 12.8 Å². The Balaban J connectivity index is 3.44. The van der Waals surface area contributed by atoms with Gasteiger partial charge in [-0.25, -0.2) is 0 Å². The molecule has 0 aromatic rings. The van der Waals surface area contributed by atoms with Gasteiger partial charge >= 0.3 is 5.97 Å². The molecule has 0 aliphatic rings. The van der Waals surface area contributed by atoms with E-state index < -0.39 is 12.1 Å². The van der Waals surface area contributed by atoms with Crippen molar-refractivity contribution in [1.29, 1.82) is 0 Å². The van der Waals surface area contributed by atoms with Crippen LogP contribution in [0.2, 0.25) is 0 Å². The number of ether oxygens (including phenoxy) is 1. The zero-order valence-electron chi connectivity index (χ0n) is 47.5. The van der Waals surface area contributed by atoms with Crippen LogP contribution in [0, 0.1) is 0 Å². The molecule has 2 atom stereocenters. The summed E-state index contributed by atoms with van der Waals surface area (Å²) in [4.78, 5) is 24.6.